The minimum absolute atomic E-state index is 0.0626. The van der Waals surface area contributed by atoms with Crippen molar-refractivity contribution in [1.82, 2.24) is 0 Å². The van der Waals surface area contributed by atoms with E-state index in [1.54, 1.807) is 9.80 Å². The number of amides is 2. The minimum atomic E-state index is -0.537. The topological polar surface area (TPSA) is 59.1 Å². The Balaban J connectivity index is 1.23. The SMILES string of the molecule is CCCCCCCCCCCCc1ccccc1OC(=O)N1CN(C(=O)Oc2ccccc2CCCCCCCCCCCC)c2ccccc2-c2ccccc21. The second-order valence-corrected chi connectivity index (χ2v) is 15.8. The standard InChI is InChI=1S/C51H68N2O4/c1-3-5-7-9-11-13-15-17-19-21-31-42-33-23-29-39-48(42)56-50(54)52-41-53(47-38-28-26-36-45(47)44-35-25-27-37-46(44)52)51(55)57-49-40-30-24-34-43(49)32-22-20-18-16-14-12-10-8-6-4-2/h23-30,33-40H,3-22,31-32,41H2,1-2H3. The molecule has 0 unspecified atom stereocenters. The molecule has 1 aliphatic heterocycles. The van der Waals surface area contributed by atoms with E-state index in [0.29, 0.717) is 22.9 Å². The molecule has 5 rings (SSSR count). The van der Waals surface area contributed by atoms with E-state index in [4.69, 9.17) is 9.47 Å². The normalized spacial score (nSPS) is 12.2. The molecule has 4 aromatic rings. The van der Waals surface area contributed by atoms with Crippen molar-refractivity contribution >= 4 is 23.6 Å². The summed E-state index contributed by atoms with van der Waals surface area (Å²) >= 11 is 0. The number of hydrogen-bond donors (Lipinski definition) is 0. The summed E-state index contributed by atoms with van der Waals surface area (Å²) in [5.74, 6) is 1.13. The molecule has 6 nitrogen and oxygen atoms in total. The summed E-state index contributed by atoms with van der Waals surface area (Å²) in [6, 6.07) is 31.3. The number of hydrogen-bond acceptors (Lipinski definition) is 4. The molecule has 1 heterocycles. The third-order valence-electron chi connectivity index (χ3n) is 11.3. The first-order valence-corrected chi connectivity index (χ1v) is 22.4. The van der Waals surface area contributed by atoms with Gasteiger partial charge in [-0.05, 0) is 61.1 Å². The molecule has 0 N–H and O–H groups in total. The van der Waals surface area contributed by atoms with Crippen LogP contribution in [0, 0.1) is 0 Å². The molecule has 57 heavy (non-hydrogen) atoms. The van der Waals surface area contributed by atoms with Gasteiger partial charge in [0.25, 0.3) is 0 Å². The fourth-order valence-electron chi connectivity index (χ4n) is 8.00. The predicted molar refractivity (Wildman–Crippen MR) is 238 cm³/mol. The third-order valence-corrected chi connectivity index (χ3v) is 11.3. The van der Waals surface area contributed by atoms with Crippen LogP contribution in [0.1, 0.15) is 153 Å². The van der Waals surface area contributed by atoms with Crippen molar-refractivity contribution in [2.75, 3.05) is 16.5 Å². The van der Waals surface area contributed by atoms with Gasteiger partial charge in [-0.1, -0.05) is 202 Å². The summed E-state index contributed by atoms with van der Waals surface area (Å²) in [5.41, 5.74) is 5.09. The van der Waals surface area contributed by atoms with Gasteiger partial charge in [0.2, 0.25) is 0 Å². The van der Waals surface area contributed by atoms with E-state index >= 15 is 0 Å². The van der Waals surface area contributed by atoms with E-state index in [9.17, 15) is 9.59 Å². The molecule has 0 saturated heterocycles. The Hall–Kier alpha value is -4.58. The zero-order valence-electron chi connectivity index (χ0n) is 35.0. The number of ether oxygens (including phenoxy) is 2. The van der Waals surface area contributed by atoms with Gasteiger partial charge in [0.15, 0.2) is 0 Å². The number of benzene rings is 4. The zero-order valence-corrected chi connectivity index (χ0v) is 35.0. The van der Waals surface area contributed by atoms with Crippen molar-refractivity contribution < 1.29 is 19.1 Å². The molecule has 0 aliphatic carbocycles. The molecule has 0 atom stereocenters. The van der Waals surface area contributed by atoms with E-state index in [2.05, 4.69) is 26.0 Å². The largest absolute Gasteiger partial charge is 0.421 e. The molecule has 0 spiro atoms. The van der Waals surface area contributed by atoms with Crippen LogP contribution in [0.2, 0.25) is 0 Å². The van der Waals surface area contributed by atoms with Gasteiger partial charge in [-0.25, -0.2) is 9.59 Å². The van der Waals surface area contributed by atoms with Crippen molar-refractivity contribution in [2.45, 2.75) is 155 Å². The van der Waals surface area contributed by atoms with Gasteiger partial charge in [-0.2, -0.15) is 0 Å². The van der Waals surface area contributed by atoms with Crippen LogP contribution in [-0.2, 0) is 12.8 Å². The van der Waals surface area contributed by atoms with Crippen molar-refractivity contribution in [3.05, 3.63) is 108 Å². The number of rotatable bonds is 24. The minimum Gasteiger partial charge on any atom is -0.410 e. The highest BCUT2D eigenvalue weighted by Gasteiger charge is 2.33. The summed E-state index contributed by atoms with van der Waals surface area (Å²) in [4.78, 5) is 31.7. The van der Waals surface area contributed by atoms with Crippen LogP contribution in [0.4, 0.5) is 21.0 Å². The maximum Gasteiger partial charge on any atom is 0.421 e. The lowest BCUT2D eigenvalue weighted by atomic mass is 10.0. The van der Waals surface area contributed by atoms with Gasteiger partial charge in [0.1, 0.15) is 18.2 Å². The van der Waals surface area contributed by atoms with E-state index in [-0.39, 0.29) is 6.67 Å². The molecule has 1 aliphatic rings. The monoisotopic (exact) mass is 773 g/mol. The molecule has 0 radical (unpaired) electrons. The smallest absolute Gasteiger partial charge is 0.410 e. The number of carbonyl (C=O) groups excluding carboxylic acids is 2. The lowest BCUT2D eigenvalue weighted by Gasteiger charge is -2.28. The molecule has 4 aromatic carbocycles. The lowest BCUT2D eigenvalue weighted by molar-refractivity contribution is 0.202. The number of para-hydroxylation sites is 4. The molecule has 0 saturated carbocycles. The number of anilines is 2. The summed E-state index contributed by atoms with van der Waals surface area (Å²) in [6.07, 6.45) is 26.1. The predicted octanol–water partition coefficient (Wildman–Crippen LogP) is 15.3. The first kappa shape index (κ1) is 43.5. The molecule has 306 valence electrons. The summed E-state index contributed by atoms with van der Waals surface area (Å²) in [7, 11) is 0. The third kappa shape index (κ3) is 13.8. The average molecular weight is 773 g/mol. The molecule has 2 amide bonds. The Labute approximate surface area is 344 Å². The maximum absolute atomic E-state index is 14.3. The number of nitrogens with zero attached hydrogens (tertiary/aromatic N) is 2. The van der Waals surface area contributed by atoms with Crippen LogP contribution in [0.15, 0.2) is 97.1 Å². The average Bonchev–Trinajstić information content (AvgIpc) is 3.38. The van der Waals surface area contributed by atoms with Crippen LogP contribution in [0.5, 0.6) is 11.5 Å². The Morgan fingerprint density at radius 1 is 0.421 bits per heavy atom. The van der Waals surface area contributed by atoms with Gasteiger partial charge in [-0.15, -0.1) is 0 Å². The second kappa shape index (κ2) is 24.9. The van der Waals surface area contributed by atoms with Gasteiger partial charge >= 0.3 is 12.2 Å². The molecule has 0 aromatic heterocycles. The van der Waals surface area contributed by atoms with Crippen LogP contribution in [0.3, 0.4) is 0 Å². The highest BCUT2D eigenvalue weighted by molar-refractivity contribution is 6.04. The van der Waals surface area contributed by atoms with Crippen LogP contribution < -0.4 is 19.3 Å². The number of unbranched alkanes of at least 4 members (excludes halogenated alkanes) is 18. The first-order chi connectivity index (χ1) is 28.1. The number of fused-ring (bicyclic) bond motifs is 3. The van der Waals surface area contributed by atoms with E-state index in [1.165, 1.54) is 103 Å². The van der Waals surface area contributed by atoms with E-state index < -0.39 is 12.2 Å². The number of aryl methyl sites for hydroxylation is 2. The molecule has 0 bridgehead atoms. The Morgan fingerprint density at radius 3 is 1.12 bits per heavy atom. The van der Waals surface area contributed by atoms with Crippen molar-refractivity contribution in [3.8, 4) is 22.6 Å². The summed E-state index contributed by atoms with van der Waals surface area (Å²) in [5, 5.41) is 0. The van der Waals surface area contributed by atoms with Gasteiger partial charge in [0, 0.05) is 11.1 Å². The van der Waals surface area contributed by atoms with Gasteiger partial charge < -0.3 is 9.47 Å². The Kier molecular flexibility index (Phi) is 19.0. The highest BCUT2D eigenvalue weighted by atomic mass is 16.6. The van der Waals surface area contributed by atoms with Crippen LogP contribution in [-0.4, -0.2) is 18.9 Å². The van der Waals surface area contributed by atoms with E-state index in [1.807, 2.05) is 84.9 Å². The van der Waals surface area contributed by atoms with Crippen LogP contribution >= 0.6 is 0 Å². The number of carbonyl (C=O) groups is 2. The maximum atomic E-state index is 14.3. The highest BCUT2D eigenvalue weighted by Crippen LogP contribution is 2.41. The molecule has 6 heteroatoms. The molecular formula is C51H68N2O4. The first-order valence-electron chi connectivity index (χ1n) is 22.4. The van der Waals surface area contributed by atoms with Crippen molar-refractivity contribution in [2.24, 2.45) is 0 Å². The summed E-state index contributed by atoms with van der Waals surface area (Å²) in [6.45, 7) is 4.46. The van der Waals surface area contributed by atoms with Crippen molar-refractivity contribution in [1.29, 1.82) is 0 Å². The Morgan fingerprint density at radius 2 is 0.737 bits per heavy atom. The van der Waals surface area contributed by atoms with Gasteiger partial charge in [0.05, 0.1) is 11.4 Å². The van der Waals surface area contributed by atoms with Gasteiger partial charge in [-0.3, -0.25) is 9.80 Å². The van der Waals surface area contributed by atoms with Crippen LogP contribution in [0.25, 0.3) is 11.1 Å². The summed E-state index contributed by atoms with van der Waals surface area (Å²) < 4.78 is 12.4. The molecule has 0 fully saturated rings. The fraction of sp³-hybridized carbons (Fsp3) is 0.490. The fourth-order valence-corrected chi connectivity index (χ4v) is 8.00. The molecular weight excluding hydrogens is 705 g/mol. The van der Waals surface area contributed by atoms with E-state index in [0.717, 1.165) is 60.8 Å². The lowest BCUT2D eigenvalue weighted by Crippen LogP contribution is -2.46. The second-order valence-electron chi connectivity index (χ2n) is 15.8. The zero-order chi connectivity index (χ0) is 39.9. The quantitative estimate of drug-likeness (QED) is 0.0666. The Bertz CT molecular complexity index is 1660. The van der Waals surface area contributed by atoms with Crippen molar-refractivity contribution in [3.63, 3.8) is 0 Å².